The molecular weight excluding hydrogens is 324 g/mol. The van der Waals surface area contributed by atoms with Gasteiger partial charge in [0, 0.05) is 37.5 Å². The van der Waals surface area contributed by atoms with Gasteiger partial charge in [0.15, 0.2) is 0 Å². The molecule has 2 aromatic carbocycles. The Morgan fingerprint density at radius 2 is 2.08 bits per heavy atom. The summed E-state index contributed by atoms with van der Waals surface area (Å²) in [6.07, 6.45) is 4.26. The first-order valence-corrected chi connectivity index (χ1v) is 9.25. The number of hydrogen-bond donors (Lipinski definition) is 2. The molecule has 134 valence electrons. The van der Waals surface area contributed by atoms with Crippen molar-refractivity contribution in [2.45, 2.75) is 31.8 Å². The maximum atomic E-state index is 12.5. The maximum absolute atomic E-state index is 12.5. The molecule has 4 rings (SSSR count). The molecule has 1 aromatic heterocycles. The van der Waals surface area contributed by atoms with Gasteiger partial charge in [0.2, 0.25) is 5.91 Å². The van der Waals surface area contributed by atoms with E-state index in [1.54, 1.807) is 0 Å². The van der Waals surface area contributed by atoms with Crippen molar-refractivity contribution in [1.82, 2.24) is 20.4 Å². The van der Waals surface area contributed by atoms with E-state index in [0.29, 0.717) is 12.5 Å². The summed E-state index contributed by atoms with van der Waals surface area (Å²) in [5, 5.41) is 11.9. The minimum atomic E-state index is 0.258. The molecule has 0 bridgehead atoms. The van der Waals surface area contributed by atoms with Crippen LogP contribution in [-0.2, 0) is 17.8 Å². The molecule has 3 aromatic rings. The summed E-state index contributed by atoms with van der Waals surface area (Å²) in [4.78, 5) is 14.5. The Labute approximate surface area is 153 Å². The molecule has 1 saturated heterocycles. The second-order valence-corrected chi connectivity index (χ2v) is 6.94. The van der Waals surface area contributed by atoms with Crippen LogP contribution in [0.15, 0.2) is 54.7 Å². The Morgan fingerprint density at radius 1 is 1.19 bits per heavy atom. The lowest BCUT2D eigenvalue weighted by Crippen LogP contribution is -2.35. The molecule has 0 spiro atoms. The van der Waals surface area contributed by atoms with Gasteiger partial charge in [-0.25, -0.2) is 0 Å². The Balaban J connectivity index is 1.27. The molecular formula is C21H24N4O. The number of para-hydroxylation sites is 1. The van der Waals surface area contributed by atoms with Crippen LogP contribution < -0.4 is 5.32 Å². The second kappa shape index (κ2) is 7.70. The second-order valence-electron chi connectivity index (χ2n) is 6.94. The third-order valence-corrected chi connectivity index (χ3v) is 5.16. The Morgan fingerprint density at radius 3 is 2.96 bits per heavy atom. The van der Waals surface area contributed by atoms with E-state index < -0.39 is 0 Å². The van der Waals surface area contributed by atoms with Crippen molar-refractivity contribution in [3.63, 3.8) is 0 Å². The number of amides is 1. The first kappa shape index (κ1) is 16.8. The van der Waals surface area contributed by atoms with Gasteiger partial charge in [-0.05, 0) is 24.0 Å². The zero-order valence-corrected chi connectivity index (χ0v) is 14.8. The van der Waals surface area contributed by atoms with E-state index in [1.165, 1.54) is 11.1 Å². The molecule has 1 unspecified atom stereocenters. The molecule has 1 atom stereocenters. The number of carbonyl (C=O) groups excluding carboxylic acids is 1. The van der Waals surface area contributed by atoms with Crippen molar-refractivity contribution in [2.75, 3.05) is 13.1 Å². The zero-order chi connectivity index (χ0) is 17.8. The average molecular weight is 348 g/mol. The highest BCUT2D eigenvalue weighted by atomic mass is 16.2. The highest BCUT2D eigenvalue weighted by Crippen LogP contribution is 2.17. The van der Waals surface area contributed by atoms with E-state index in [-0.39, 0.29) is 5.91 Å². The predicted octanol–water partition coefficient (Wildman–Crippen LogP) is 2.89. The van der Waals surface area contributed by atoms with Crippen LogP contribution in [0.5, 0.6) is 0 Å². The van der Waals surface area contributed by atoms with Crippen LogP contribution in [0, 0.1) is 0 Å². The predicted molar refractivity (Wildman–Crippen MR) is 103 cm³/mol. The van der Waals surface area contributed by atoms with Crippen molar-refractivity contribution >= 4 is 16.8 Å². The quantitative estimate of drug-likeness (QED) is 0.720. The molecule has 26 heavy (non-hydrogen) atoms. The number of fused-ring (bicyclic) bond motifs is 1. The minimum Gasteiger partial charge on any atom is -0.341 e. The highest BCUT2D eigenvalue weighted by Gasteiger charge is 2.25. The van der Waals surface area contributed by atoms with Gasteiger partial charge < -0.3 is 10.2 Å². The van der Waals surface area contributed by atoms with Gasteiger partial charge in [-0.3, -0.25) is 9.89 Å². The van der Waals surface area contributed by atoms with Gasteiger partial charge in [0.1, 0.15) is 0 Å². The molecule has 0 aliphatic carbocycles. The number of aromatic nitrogens is 2. The number of nitrogens with one attached hydrogen (secondary N) is 2. The fourth-order valence-corrected chi connectivity index (χ4v) is 3.64. The number of nitrogens with zero attached hydrogens (tertiary/aromatic N) is 2. The van der Waals surface area contributed by atoms with Gasteiger partial charge in [0.25, 0.3) is 0 Å². The molecule has 1 aliphatic rings. The molecule has 0 saturated carbocycles. The summed E-state index contributed by atoms with van der Waals surface area (Å²) in [6, 6.07) is 16.8. The Hall–Kier alpha value is -2.66. The van der Waals surface area contributed by atoms with E-state index >= 15 is 0 Å². The van der Waals surface area contributed by atoms with E-state index in [1.807, 2.05) is 29.3 Å². The van der Waals surface area contributed by atoms with Crippen LogP contribution >= 0.6 is 0 Å². The number of carbonyl (C=O) groups is 1. The number of benzene rings is 2. The first-order chi connectivity index (χ1) is 12.8. The van der Waals surface area contributed by atoms with Gasteiger partial charge in [-0.2, -0.15) is 5.10 Å². The average Bonchev–Trinajstić information content (AvgIpc) is 3.35. The van der Waals surface area contributed by atoms with Crippen molar-refractivity contribution in [3.8, 4) is 0 Å². The molecule has 1 fully saturated rings. The van der Waals surface area contributed by atoms with Crippen LogP contribution in [0.3, 0.4) is 0 Å². The number of H-pyrrole nitrogens is 1. The normalized spacial score (nSPS) is 17.1. The van der Waals surface area contributed by atoms with E-state index in [0.717, 1.165) is 43.4 Å². The standard InChI is InChI=1S/C21H24N4O/c26-20(10-9-16-5-2-1-3-6-16)25-12-11-19(15-25)22-13-17-7-4-8-18-14-23-24-21(17)18/h1-8,14,19,22H,9-13,15H2,(H,23,24). The van der Waals surface area contributed by atoms with Crippen LogP contribution in [-0.4, -0.2) is 40.1 Å². The molecule has 1 amide bonds. The summed E-state index contributed by atoms with van der Waals surface area (Å²) < 4.78 is 0. The fraction of sp³-hybridized carbons (Fsp3) is 0.333. The van der Waals surface area contributed by atoms with Crippen LogP contribution in [0.1, 0.15) is 24.0 Å². The van der Waals surface area contributed by atoms with Gasteiger partial charge in [0.05, 0.1) is 11.7 Å². The van der Waals surface area contributed by atoms with Crippen molar-refractivity contribution in [1.29, 1.82) is 0 Å². The molecule has 2 heterocycles. The largest absolute Gasteiger partial charge is 0.341 e. The Bertz CT molecular complexity index is 874. The minimum absolute atomic E-state index is 0.258. The summed E-state index contributed by atoms with van der Waals surface area (Å²) in [7, 11) is 0. The summed E-state index contributed by atoms with van der Waals surface area (Å²) in [5.41, 5.74) is 3.53. The first-order valence-electron chi connectivity index (χ1n) is 9.25. The lowest BCUT2D eigenvalue weighted by Gasteiger charge is -2.17. The number of hydrogen-bond acceptors (Lipinski definition) is 3. The van der Waals surface area contributed by atoms with Crippen molar-refractivity contribution in [3.05, 3.63) is 65.9 Å². The third-order valence-electron chi connectivity index (χ3n) is 5.16. The molecule has 1 aliphatic heterocycles. The van der Waals surface area contributed by atoms with E-state index in [9.17, 15) is 4.79 Å². The number of rotatable bonds is 6. The zero-order valence-electron chi connectivity index (χ0n) is 14.8. The van der Waals surface area contributed by atoms with Crippen LogP contribution in [0.25, 0.3) is 10.9 Å². The van der Waals surface area contributed by atoms with Crippen molar-refractivity contribution in [2.24, 2.45) is 0 Å². The molecule has 0 radical (unpaired) electrons. The smallest absolute Gasteiger partial charge is 0.222 e. The highest BCUT2D eigenvalue weighted by molar-refractivity contribution is 5.81. The van der Waals surface area contributed by atoms with Crippen LogP contribution in [0.4, 0.5) is 0 Å². The van der Waals surface area contributed by atoms with Crippen LogP contribution in [0.2, 0.25) is 0 Å². The number of aryl methyl sites for hydroxylation is 1. The lowest BCUT2D eigenvalue weighted by molar-refractivity contribution is -0.130. The number of likely N-dealkylation sites (tertiary alicyclic amines) is 1. The summed E-state index contributed by atoms with van der Waals surface area (Å²) in [6.45, 7) is 2.43. The van der Waals surface area contributed by atoms with E-state index in [4.69, 9.17) is 0 Å². The summed E-state index contributed by atoms with van der Waals surface area (Å²) >= 11 is 0. The molecule has 5 heteroatoms. The van der Waals surface area contributed by atoms with E-state index in [2.05, 4.69) is 45.8 Å². The molecule has 5 nitrogen and oxygen atoms in total. The van der Waals surface area contributed by atoms with Gasteiger partial charge >= 0.3 is 0 Å². The number of aromatic amines is 1. The summed E-state index contributed by atoms with van der Waals surface area (Å²) in [5.74, 6) is 0.258. The SMILES string of the molecule is O=C(CCc1ccccc1)N1CCC(NCc2cccc3cn[nH]c23)C1. The topological polar surface area (TPSA) is 61.0 Å². The molecule has 2 N–H and O–H groups in total. The van der Waals surface area contributed by atoms with Crippen molar-refractivity contribution < 1.29 is 4.79 Å². The fourth-order valence-electron chi connectivity index (χ4n) is 3.64. The van der Waals surface area contributed by atoms with Gasteiger partial charge in [-0.1, -0.05) is 48.5 Å². The Kier molecular flexibility index (Phi) is 4.97. The van der Waals surface area contributed by atoms with Gasteiger partial charge in [-0.15, -0.1) is 0 Å². The third kappa shape index (κ3) is 3.78. The lowest BCUT2D eigenvalue weighted by atomic mass is 10.1. The monoisotopic (exact) mass is 348 g/mol. The maximum Gasteiger partial charge on any atom is 0.222 e.